The zero-order valence-electron chi connectivity index (χ0n) is 27.2. The first-order valence-electron chi connectivity index (χ1n) is 15.2. The SMILES string of the molecule is Cc1ccc(S(=O)(=O)N(CC(=O)N(Cc2ccccc2F)[C@H](Cc2ccccc2)C(=O)NC(C)(C)C)c2cc(C)cc(C)c2)cc1. The van der Waals surface area contributed by atoms with E-state index in [-0.39, 0.29) is 23.4 Å². The Kier molecular flexibility index (Phi) is 10.7. The van der Waals surface area contributed by atoms with Crippen molar-refractivity contribution >= 4 is 27.5 Å². The van der Waals surface area contributed by atoms with E-state index in [0.29, 0.717) is 5.69 Å². The number of nitrogens with one attached hydrogen (secondary N) is 1. The molecule has 242 valence electrons. The molecule has 1 atom stereocenters. The van der Waals surface area contributed by atoms with Crippen molar-refractivity contribution in [3.8, 4) is 0 Å². The van der Waals surface area contributed by atoms with Gasteiger partial charge in [0.1, 0.15) is 18.4 Å². The average Bonchev–Trinajstić information content (AvgIpc) is 2.97. The summed E-state index contributed by atoms with van der Waals surface area (Å²) in [6, 6.07) is 26.0. The molecule has 46 heavy (non-hydrogen) atoms. The van der Waals surface area contributed by atoms with Gasteiger partial charge in [-0.15, -0.1) is 0 Å². The van der Waals surface area contributed by atoms with Crippen molar-refractivity contribution in [3.05, 3.63) is 131 Å². The van der Waals surface area contributed by atoms with Gasteiger partial charge < -0.3 is 10.2 Å². The Morgan fingerprint density at radius 1 is 0.804 bits per heavy atom. The van der Waals surface area contributed by atoms with Crippen LogP contribution < -0.4 is 9.62 Å². The molecule has 4 aromatic rings. The number of nitrogens with zero attached hydrogens (tertiary/aromatic N) is 2. The summed E-state index contributed by atoms with van der Waals surface area (Å²) in [5.41, 5.74) is 3.22. The summed E-state index contributed by atoms with van der Waals surface area (Å²) in [6.07, 6.45) is 0.136. The van der Waals surface area contributed by atoms with Gasteiger partial charge in [-0.05, 0) is 88.6 Å². The van der Waals surface area contributed by atoms with Crippen LogP contribution >= 0.6 is 0 Å². The minimum absolute atomic E-state index is 0.0250. The van der Waals surface area contributed by atoms with E-state index in [1.807, 2.05) is 77.9 Å². The Morgan fingerprint density at radius 3 is 1.98 bits per heavy atom. The second-order valence-corrected chi connectivity index (χ2v) is 14.6. The highest BCUT2D eigenvalue weighted by molar-refractivity contribution is 7.92. The highest BCUT2D eigenvalue weighted by Gasteiger charge is 2.36. The molecular formula is C37H42FN3O4S. The molecule has 2 amide bonds. The maximum atomic E-state index is 15.1. The van der Waals surface area contributed by atoms with Crippen LogP contribution in [0.15, 0.2) is 102 Å². The van der Waals surface area contributed by atoms with Crippen molar-refractivity contribution in [2.75, 3.05) is 10.8 Å². The van der Waals surface area contributed by atoms with Crippen LogP contribution in [0, 0.1) is 26.6 Å². The van der Waals surface area contributed by atoms with Crippen molar-refractivity contribution in [1.82, 2.24) is 10.2 Å². The predicted molar refractivity (Wildman–Crippen MR) is 180 cm³/mol. The minimum atomic E-state index is -4.24. The molecule has 0 aromatic heterocycles. The first-order valence-corrected chi connectivity index (χ1v) is 16.6. The van der Waals surface area contributed by atoms with Crippen LogP contribution in [0.4, 0.5) is 10.1 Å². The number of hydrogen-bond acceptors (Lipinski definition) is 4. The van der Waals surface area contributed by atoms with Gasteiger partial charge in [0.25, 0.3) is 10.0 Å². The zero-order chi connectivity index (χ0) is 33.6. The summed E-state index contributed by atoms with van der Waals surface area (Å²) < 4.78 is 44.6. The van der Waals surface area contributed by atoms with E-state index < -0.39 is 45.8 Å². The van der Waals surface area contributed by atoms with E-state index in [1.54, 1.807) is 42.5 Å². The quantitative estimate of drug-likeness (QED) is 0.202. The third-order valence-corrected chi connectivity index (χ3v) is 9.24. The summed E-state index contributed by atoms with van der Waals surface area (Å²) >= 11 is 0. The van der Waals surface area contributed by atoms with E-state index in [4.69, 9.17) is 0 Å². The largest absolute Gasteiger partial charge is 0.350 e. The number of carbonyl (C=O) groups excluding carboxylic acids is 2. The van der Waals surface area contributed by atoms with Gasteiger partial charge in [0.2, 0.25) is 11.8 Å². The number of sulfonamides is 1. The Morgan fingerprint density at radius 2 is 1.39 bits per heavy atom. The van der Waals surface area contributed by atoms with Gasteiger partial charge in [0, 0.05) is 24.1 Å². The van der Waals surface area contributed by atoms with E-state index in [1.165, 1.54) is 23.1 Å². The maximum absolute atomic E-state index is 15.1. The maximum Gasteiger partial charge on any atom is 0.264 e. The molecule has 0 fully saturated rings. The van der Waals surface area contributed by atoms with E-state index in [2.05, 4.69) is 5.32 Å². The molecular weight excluding hydrogens is 601 g/mol. The zero-order valence-corrected chi connectivity index (χ0v) is 28.1. The minimum Gasteiger partial charge on any atom is -0.350 e. The van der Waals surface area contributed by atoms with Gasteiger partial charge in [-0.25, -0.2) is 12.8 Å². The van der Waals surface area contributed by atoms with Crippen LogP contribution in [0.3, 0.4) is 0 Å². The fourth-order valence-corrected chi connectivity index (χ4v) is 6.68. The monoisotopic (exact) mass is 643 g/mol. The molecule has 0 unspecified atom stereocenters. The fourth-order valence-electron chi connectivity index (χ4n) is 5.28. The third kappa shape index (κ3) is 8.81. The van der Waals surface area contributed by atoms with Gasteiger partial charge in [-0.3, -0.25) is 13.9 Å². The van der Waals surface area contributed by atoms with Crippen molar-refractivity contribution in [2.45, 2.75) is 71.0 Å². The number of anilines is 1. The molecule has 0 aliphatic rings. The smallest absolute Gasteiger partial charge is 0.264 e. The summed E-state index contributed by atoms with van der Waals surface area (Å²) in [5, 5.41) is 2.98. The Hall–Kier alpha value is -4.50. The van der Waals surface area contributed by atoms with E-state index in [0.717, 1.165) is 26.6 Å². The molecule has 0 radical (unpaired) electrons. The van der Waals surface area contributed by atoms with Gasteiger partial charge in [0.15, 0.2) is 0 Å². The Balaban J connectivity index is 1.85. The van der Waals surface area contributed by atoms with Crippen molar-refractivity contribution in [1.29, 1.82) is 0 Å². The van der Waals surface area contributed by atoms with Crippen LogP contribution in [0.25, 0.3) is 0 Å². The normalized spacial score (nSPS) is 12.3. The van der Waals surface area contributed by atoms with Crippen molar-refractivity contribution < 1.29 is 22.4 Å². The molecule has 0 saturated carbocycles. The molecule has 0 aliphatic heterocycles. The number of benzene rings is 4. The van der Waals surface area contributed by atoms with Gasteiger partial charge in [-0.2, -0.15) is 0 Å². The van der Waals surface area contributed by atoms with E-state index >= 15 is 4.39 Å². The summed E-state index contributed by atoms with van der Waals surface area (Å²) in [7, 11) is -4.24. The van der Waals surface area contributed by atoms with Crippen LogP contribution in [0.1, 0.15) is 48.6 Å². The number of rotatable bonds is 11. The number of carbonyl (C=O) groups is 2. The number of amides is 2. The molecule has 4 aromatic carbocycles. The molecule has 1 N–H and O–H groups in total. The second-order valence-electron chi connectivity index (χ2n) is 12.7. The summed E-state index contributed by atoms with van der Waals surface area (Å²) in [4.78, 5) is 29.8. The lowest BCUT2D eigenvalue weighted by Crippen LogP contribution is -2.56. The number of halogens is 1. The van der Waals surface area contributed by atoms with Gasteiger partial charge >= 0.3 is 0 Å². The highest BCUT2D eigenvalue weighted by atomic mass is 32.2. The molecule has 0 bridgehead atoms. The third-order valence-electron chi connectivity index (χ3n) is 7.45. The average molecular weight is 644 g/mol. The van der Waals surface area contributed by atoms with Gasteiger partial charge in [-0.1, -0.05) is 72.3 Å². The molecule has 0 heterocycles. The lowest BCUT2D eigenvalue weighted by atomic mass is 10.0. The van der Waals surface area contributed by atoms with Gasteiger partial charge in [0.05, 0.1) is 10.6 Å². The lowest BCUT2D eigenvalue weighted by Gasteiger charge is -2.35. The Labute approximate surface area is 272 Å². The van der Waals surface area contributed by atoms with Crippen LogP contribution in [-0.4, -0.2) is 43.3 Å². The van der Waals surface area contributed by atoms with E-state index in [9.17, 15) is 18.0 Å². The van der Waals surface area contributed by atoms with Crippen LogP contribution in [0.5, 0.6) is 0 Å². The second kappa shape index (κ2) is 14.3. The first kappa shape index (κ1) is 34.4. The molecule has 0 spiro atoms. The highest BCUT2D eigenvalue weighted by Crippen LogP contribution is 2.27. The first-order chi connectivity index (χ1) is 21.6. The standard InChI is InChI=1S/C37H42FN3O4S/c1-26-16-18-32(19-17-26)46(44,45)41(31-21-27(2)20-28(3)22-31)25-35(42)40(24-30-14-10-11-15-33(30)38)34(36(43)39-37(4,5)6)23-29-12-8-7-9-13-29/h7-22,34H,23-25H2,1-6H3,(H,39,43)/t34-/m1/s1. The summed E-state index contributed by atoms with van der Waals surface area (Å²) in [6.45, 7) is 10.2. The topological polar surface area (TPSA) is 86.8 Å². The molecule has 0 aliphatic carbocycles. The lowest BCUT2D eigenvalue weighted by molar-refractivity contribution is -0.140. The number of hydrogen-bond donors (Lipinski definition) is 1. The Bertz CT molecular complexity index is 1770. The predicted octanol–water partition coefficient (Wildman–Crippen LogP) is 6.50. The molecule has 0 saturated heterocycles. The molecule has 9 heteroatoms. The van der Waals surface area contributed by atoms with Crippen molar-refractivity contribution in [3.63, 3.8) is 0 Å². The molecule has 4 rings (SSSR count). The van der Waals surface area contributed by atoms with Crippen molar-refractivity contribution in [2.24, 2.45) is 0 Å². The fraction of sp³-hybridized carbons (Fsp3) is 0.297. The summed E-state index contributed by atoms with van der Waals surface area (Å²) in [5.74, 6) is -1.61. The van der Waals surface area contributed by atoms with Crippen LogP contribution in [0.2, 0.25) is 0 Å². The molecule has 7 nitrogen and oxygen atoms in total. The van der Waals surface area contributed by atoms with Crippen LogP contribution in [-0.2, 0) is 32.6 Å². The number of aryl methyl sites for hydroxylation is 3.